The first-order valence-corrected chi connectivity index (χ1v) is 6.56. The highest BCUT2D eigenvalue weighted by atomic mass is 32.1. The van der Waals surface area contributed by atoms with Crippen molar-refractivity contribution in [3.05, 3.63) is 35.2 Å². The zero-order chi connectivity index (χ0) is 11.7. The normalized spacial score (nSPS) is 20.6. The fourth-order valence-corrected chi connectivity index (χ4v) is 3.04. The number of Topliss-reactive ketones (excluding diaryl/α,β-unsaturated/α-hetero) is 1. The standard InChI is InChI=1S/C13H13NO2S/c15-13(11-7-16-6-5-14-11)10-8-17-12-4-2-1-3-9(10)12/h1-4,8,11,14H,5-7H2. The summed E-state index contributed by atoms with van der Waals surface area (Å²) in [7, 11) is 0. The summed E-state index contributed by atoms with van der Waals surface area (Å²) in [5, 5.41) is 6.20. The summed E-state index contributed by atoms with van der Waals surface area (Å²) in [6.45, 7) is 1.91. The van der Waals surface area contributed by atoms with Gasteiger partial charge in [0.25, 0.3) is 0 Å². The summed E-state index contributed by atoms with van der Waals surface area (Å²) in [5.74, 6) is 0.141. The molecule has 0 aliphatic carbocycles. The summed E-state index contributed by atoms with van der Waals surface area (Å²) < 4.78 is 6.49. The van der Waals surface area contributed by atoms with E-state index in [2.05, 4.69) is 5.32 Å². The summed E-state index contributed by atoms with van der Waals surface area (Å²) in [6, 6.07) is 7.82. The zero-order valence-corrected chi connectivity index (χ0v) is 10.1. The smallest absolute Gasteiger partial charge is 0.183 e. The average molecular weight is 247 g/mol. The Hall–Kier alpha value is -1.23. The van der Waals surface area contributed by atoms with Crippen molar-refractivity contribution in [1.29, 1.82) is 0 Å². The lowest BCUT2D eigenvalue weighted by atomic mass is 10.0. The minimum Gasteiger partial charge on any atom is -0.378 e. The van der Waals surface area contributed by atoms with E-state index >= 15 is 0 Å². The molecule has 1 unspecified atom stereocenters. The van der Waals surface area contributed by atoms with E-state index < -0.39 is 0 Å². The van der Waals surface area contributed by atoms with Crippen LogP contribution < -0.4 is 5.32 Å². The minimum absolute atomic E-state index is 0.141. The number of thiophene rings is 1. The van der Waals surface area contributed by atoms with Gasteiger partial charge in [-0.15, -0.1) is 11.3 Å². The van der Waals surface area contributed by atoms with Crippen LogP contribution in [0.25, 0.3) is 10.1 Å². The van der Waals surface area contributed by atoms with Gasteiger partial charge in [0.2, 0.25) is 0 Å². The summed E-state index contributed by atoms with van der Waals surface area (Å²) >= 11 is 1.62. The van der Waals surface area contributed by atoms with Crippen LogP contribution in [0.15, 0.2) is 29.6 Å². The van der Waals surface area contributed by atoms with Crippen molar-refractivity contribution < 1.29 is 9.53 Å². The van der Waals surface area contributed by atoms with Gasteiger partial charge in [0.1, 0.15) is 0 Å². The highest BCUT2D eigenvalue weighted by Crippen LogP contribution is 2.26. The third kappa shape index (κ3) is 1.99. The molecule has 1 saturated heterocycles. The molecule has 0 saturated carbocycles. The van der Waals surface area contributed by atoms with E-state index in [9.17, 15) is 4.79 Å². The Morgan fingerprint density at radius 1 is 1.41 bits per heavy atom. The number of benzene rings is 1. The molecular weight excluding hydrogens is 234 g/mol. The maximum atomic E-state index is 12.3. The number of ketones is 1. The molecule has 4 heteroatoms. The van der Waals surface area contributed by atoms with Crippen molar-refractivity contribution in [2.75, 3.05) is 19.8 Å². The van der Waals surface area contributed by atoms with Gasteiger partial charge in [-0.25, -0.2) is 0 Å². The van der Waals surface area contributed by atoms with Gasteiger partial charge < -0.3 is 10.1 Å². The van der Waals surface area contributed by atoms with Gasteiger partial charge in [-0.3, -0.25) is 4.79 Å². The Morgan fingerprint density at radius 2 is 2.29 bits per heavy atom. The van der Waals surface area contributed by atoms with Gasteiger partial charge in [-0.2, -0.15) is 0 Å². The fourth-order valence-electron chi connectivity index (χ4n) is 2.09. The third-order valence-corrected chi connectivity index (χ3v) is 3.95. The molecule has 1 aliphatic rings. The molecule has 0 radical (unpaired) electrons. The number of carbonyl (C=O) groups excluding carboxylic acids is 1. The lowest BCUT2D eigenvalue weighted by Gasteiger charge is -2.22. The SMILES string of the molecule is O=C(c1csc2ccccc12)C1COCCN1. The van der Waals surface area contributed by atoms with Crippen LogP contribution in [0.2, 0.25) is 0 Å². The van der Waals surface area contributed by atoms with Crippen molar-refractivity contribution in [3.8, 4) is 0 Å². The van der Waals surface area contributed by atoms with Crippen LogP contribution in [0.3, 0.4) is 0 Å². The predicted molar refractivity (Wildman–Crippen MR) is 68.8 cm³/mol. The molecule has 0 bridgehead atoms. The monoisotopic (exact) mass is 247 g/mol. The molecule has 1 N–H and O–H groups in total. The van der Waals surface area contributed by atoms with Crippen molar-refractivity contribution in [1.82, 2.24) is 5.32 Å². The van der Waals surface area contributed by atoms with Crippen LogP contribution in [0.4, 0.5) is 0 Å². The quantitative estimate of drug-likeness (QED) is 0.826. The summed E-state index contributed by atoms with van der Waals surface area (Å²) in [4.78, 5) is 12.3. The van der Waals surface area contributed by atoms with Crippen LogP contribution in [0.1, 0.15) is 10.4 Å². The molecule has 3 nitrogen and oxygen atoms in total. The van der Waals surface area contributed by atoms with Crippen molar-refractivity contribution in [2.24, 2.45) is 0 Å². The number of hydrogen-bond donors (Lipinski definition) is 1. The fraction of sp³-hybridized carbons (Fsp3) is 0.308. The first kappa shape index (κ1) is 10.9. The maximum absolute atomic E-state index is 12.3. The lowest BCUT2D eigenvalue weighted by Crippen LogP contribution is -2.46. The van der Waals surface area contributed by atoms with Gasteiger partial charge in [0, 0.05) is 27.6 Å². The van der Waals surface area contributed by atoms with Crippen LogP contribution >= 0.6 is 11.3 Å². The van der Waals surface area contributed by atoms with Crippen molar-refractivity contribution >= 4 is 27.2 Å². The number of carbonyl (C=O) groups is 1. The molecule has 1 aliphatic heterocycles. The van der Waals surface area contributed by atoms with Crippen LogP contribution in [-0.4, -0.2) is 31.6 Å². The molecular formula is C13H13NO2S. The molecule has 2 aromatic rings. The topological polar surface area (TPSA) is 38.3 Å². The van der Waals surface area contributed by atoms with E-state index in [1.165, 1.54) is 0 Å². The van der Waals surface area contributed by atoms with Gasteiger partial charge in [-0.1, -0.05) is 18.2 Å². The van der Waals surface area contributed by atoms with Gasteiger partial charge in [0.05, 0.1) is 19.3 Å². The molecule has 0 amide bonds. The van der Waals surface area contributed by atoms with Gasteiger partial charge >= 0.3 is 0 Å². The van der Waals surface area contributed by atoms with Crippen LogP contribution in [0, 0.1) is 0 Å². The second kappa shape index (κ2) is 4.56. The van der Waals surface area contributed by atoms with Gasteiger partial charge in [0.15, 0.2) is 5.78 Å². The molecule has 0 spiro atoms. The number of rotatable bonds is 2. The molecule has 1 atom stereocenters. The van der Waals surface area contributed by atoms with E-state index in [0.29, 0.717) is 13.2 Å². The Morgan fingerprint density at radius 3 is 3.12 bits per heavy atom. The summed E-state index contributed by atoms with van der Waals surface area (Å²) in [5.41, 5.74) is 0.814. The van der Waals surface area contributed by atoms with E-state index in [-0.39, 0.29) is 11.8 Å². The minimum atomic E-state index is -0.193. The van der Waals surface area contributed by atoms with E-state index in [0.717, 1.165) is 22.2 Å². The number of morpholine rings is 1. The highest BCUT2D eigenvalue weighted by molar-refractivity contribution is 7.17. The summed E-state index contributed by atoms with van der Waals surface area (Å²) in [6.07, 6.45) is 0. The number of ether oxygens (including phenoxy) is 1. The molecule has 17 heavy (non-hydrogen) atoms. The second-order valence-corrected chi connectivity index (χ2v) is 5.00. The van der Waals surface area contributed by atoms with E-state index in [1.54, 1.807) is 11.3 Å². The Bertz CT molecular complexity index is 543. The lowest BCUT2D eigenvalue weighted by molar-refractivity contribution is 0.0609. The second-order valence-electron chi connectivity index (χ2n) is 4.09. The number of fused-ring (bicyclic) bond motifs is 1. The molecule has 88 valence electrons. The molecule has 1 fully saturated rings. The number of nitrogens with one attached hydrogen (secondary N) is 1. The third-order valence-electron chi connectivity index (χ3n) is 2.98. The van der Waals surface area contributed by atoms with Crippen molar-refractivity contribution in [2.45, 2.75) is 6.04 Å². The molecule has 3 rings (SSSR count). The number of hydrogen-bond acceptors (Lipinski definition) is 4. The van der Waals surface area contributed by atoms with Crippen molar-refractivity contribution in [3.63, 3.8) is 0 Å². The average Bonchev–Trinajstić information content (AvgIpc) is 2.83. The van der Waals surface area contributed by atoms with Crippen LogP contribution in [0.5, 0.6) is 0 Å². The molecule has 1 aromatic heterocycles. The first-order chi connectivity index (χ1) is 8.36. The largest absolute Gasteiger partial charge is 0.378 e. The zero-order valence-electron chi connectivity index (χ0n) is 9.31. The predicted octanol–water partition coefficient (Wildman–Crippen LogP) is 2.07. The highest BCUT2D eigenvalue weighted by Gasteiger charge is 2.24. The maximum Gasteiger partial charge on any atom is 0.183 e. The van der Waals surface area contributed by atoms with Gasteiger partial charge in [-0.05, 0) is 6.07 Å². The Kier molecular flexibility index (Phi) is 2.93. The van der Waals surface area contributed by atoms with E-state index in [4.69, 9.17) is 4.74 Å². The molecule has 1 aromatic carbocycles. The molecule has 2 heterocycles. The Balaban J connectivity index is 1.95. The van der Waals surface area contributed by atoms with Crippen LogP contribution in [-0.2, 0) is 4.74 Å². The van der Waals surface area contributed by atoms with E-state index in [1.807, 2.05) is 29.6 Å². The first-order valence-electron chi connectivity index (χ1n) is 5.68. The Labute approximate surface area is 103 Å².